The molecular weight excluding hydrogens is 236 g/mol. The Hall–Kier alpha value is -0.580. The summed E-state index contributed by atoms with van der Waals surface area (Å²) in [6, 6.07) is 0.349. The number of nitrogens with zero attached hydrogens (tertiary/aromatic N) is 2. The number of nitrogens with one attached hydrogen (secondary N) is 1. The van der Waals surface area contributed by atoms with Crippen LogP contribution in [0.3, 0.4) is 0 Å². The van der Waals surface area contributed by atoms with Crippen LogP contribution in [0.15, 0.2) is 6.20 Å². The highest BCUT2D eigenvalue weighted by Crippen LogP contribution is 2.28. The van der Waals surface area contributed by atoms with E-state index in [2.05, 4.69) is 38.2 Å². The van der Waals surface area contributed by atoms with E-state index in [4.69, 9.17) is 17.4 Å². The summed E-state index contributed by atoms with van der Waals surface area (Å²) in [6.45, 7) is 8.58. The maximum absolute atomic E-state index is 6.20. The SMILES string of the molecule is CC(C)CCC(NN)c1c(Cl)cnn1C(C)C. The van der Waals surface area contributed by atoms with Crippen molar-refractivity contribution < 1.29 is 0 Å². The van der Waals surface area contributed by atoms with Crippen LogP contribution in [-0.2, 0) is 0 Å². The van der Waals surface area contributed by atoms with E-state index in [1.54, 1.807) is 6.20 Å². The van der Waals surface area contributed by atoms with Crippen molar-refractivity contribution in [3.63, 3.8) is 0 Å². The summed E-state index contributed by atoms with van der Waals surface area (Å²) in [7, 11) is 0. The van der Waals surface area contributed by atoms with Gasteiger partial charge in [-0.3, -0.25) is 16.0 Å². The predicted molar refractivity (Wildman–Crippen MR) is 71.8 cm³/mol. The van der Waals surface area contributed by atoms with Crippen LogP contribution >= 0.6 is 11.6 Å². The molecule has 1 aromatic rings. The topological polar surface area (TPSA) is 55.9 Å². The van der Waals surface area contributed by atoms with E-state index in [1.165, 1.54) is 0 Å². The lowest BCUT2D eigenvalue weighted by Gasteiger charge is -2.21. The molecule has 0 aliphatic carbocycles. The highest BCUT2D eigenvalue weighted by Gasteiger charge is 2.20. The van der Waals surface area contributed by atoms with E-state index >= 15 is 0 Å². The van der Waals surface area contributed by atoms with Crippen molar-refractivity contribution in [2.24, 2.45) is 11.8 Å². The highest BCUT2D eigenvalue weighted by atomic mass is 35.5. The maximum Gasteiger partial charge on any atom is 0.0834 e. The molecule has 1 rings (SSSR count). The van der Waals surface area contributed by atoms with Crippen LogP contribution in [0.25, 0.3) is 0 Å². The molecule has 0 fully saturated rings. The van der Waals surface area contributed by atoms with Gasteiger partial charge >= 0.3 is 0 Å². The molecule has 0 saturated heterocycles. The van der Waals surface area contributed by atoms with Gasteiger partial charge in [0.05, 0.1) is 23.0 Å². The third-order valence-corrected chi connectivity index (χ3v) is 3.13. The van der Waals surface area contributed by atoms with Crippen molar-refractivity contribution in [2.45, 2.75) is 52.6 Å². The van der Waals surface area contributed by atoms with Crippen LogP contribution in [0.2, 0.25) is 5.02 Å². The second-order valence-corrected chi connectivity index (χ2v) is 5.51. The molecule has 98 valence electrons. The van der Waals surface area contributed by atoms with Gasteiger partial charge in [-0.15, -0.1) is 0 Å². The van der Waals surface area contributed by atoms with E-state index in [0.29, 0.717) is 10.9 Å². The summed E-state index contributed by atoms with van der Waals surface area (Å²) < 4.78 is 1.94. The van der Waals surface area contributed by atoms with Crippen molar-refractivity contribution in [1.29, 1.82) is 0 Å². The molecule has 0 aromatic carbocycles. The molecule has 0 radical (unpaired) electrons. The third-order valence-electron chi connectivity index (χ3n) is 2.84. The molecule has 0 bridgehead atoms. The molecule has 1 aromatic heterocycles. The van der Waals surface area contributed by atoms with E-state index in [9.17, 15) is 0 Å². The van der Waals surface area contributed by atoms with Crippen LogP contribution in [-0.4, -0.2) is 9.78 Å². The Morgan fingerprint density at radius 1 is 1.35 bits per heavy atom. The summed E-state index contributed by atoms with van der Waals surface area (Å²) >= 11 is 6.20. The normalized spacial score (nSPS) is 13.6. The molecule has 1 unspecified atom stereocenters. The minimum atomic E-state index is 0.0646. The lowest BCUT2D eigenvalue weighted by molar-refractivity contribution is 0.404. The first-order valence-electron chi connectivity index (χ1n) is 6.16. The molecule has 0 amide bonds. The monoisotopic (exact) mass is 258 g/mol. The van der Waals surface area contributed by atoms with Gasteiger partial charge < -0.3 is 0 Å². The largest absolute Gasteiger partial charge is 0.271 e. The standard InChI is InChI=1S/C12H23ClN4/c1-8(2)5-6-11(16-14)12-10(13)7-15-17(12)9(3)4/h7-9,11,16H,5-6,14H2,1-4H3. The van der Waals surface area contributed by atoms with E-state index in [-0.39, 0.29) is 12.1 Å². The molecule has 0 aliphatic rings. The zero-order valence-electron chi connectivity index (χ0n) is 11.1. The van der Waals surface area contributed by atoms with E-state index < -0.39 is 0 Å². The summed E-state index contributed by atoms with van der Waals surface area (Å²) in [5.74, 6) is 6.29. The van der Waals surface area contributed by atoms with Gasteiger partial charge in [-0.05, 0) is 32.6 Å². The van der Waals surface area contributed by atoms with Crippen LogP contribution in [0.4, 0.5) is 0 Å². The van der Waals surface area contributed by atoms with Crippen molar-refractivity contribution in [3.8, 4) is 0 Å². The second-order valence-electron chi connectivity index (χ2n) is 5.11. The first kappa shape index (κ1) is 14.5. The first-order valence-corrected chi connectivity index (χ1v) is 6.54. The number of hydrogen-bond donors (Lipinski definition) is 2. The van der Waals surface area contributed by atoms with Crippen molar-refractivity contribution in [2.75, 3.05) is 0 Å². The third kappa shape index (κ3) is 3.69. The fraction of sp³-hybridized carbons (Fsp3) is 0.750. The van der Waals surface area contributed by atoms with Crippen LogP contribution in [0, 0.1) is 5.92 Å². The zero-order valence-corrected chi connectivity index (χ0v) is 11.8. The molecule has 0 saturated carbocycles. The van der Waals surface area contributed by atoms with E-state index in [0.717, 1.165) is 18.5 Å². The van der Waals surface area contributed by atoms with Crippen LogP contribution in [0.1, 0.15) is 58.3 Å². The number of aromatic nitrogens is 2. The van der Waals surface area contributed by atoms with Gasteiger partial charge in [0.2, 0.25) is 0 Å². The molecule has 5 heteroatoms. The van der Waals surface area contributed by atoms with Gasteiger partial charge in [0, 0.05) is 6.04 Å². The van der Waals surface area contributed by atoms with Gasteiger partial charge in [0.1, 0.15) is 0 Å². The summed E-state index contributed by atoms with van der Waals surface area (Å²) in [6.07, 6.45) is 3.76. The van der Waals surface area contributed by atoms with Crippen LogP contribution < -0.4 is 11.3 Å². The minimum Gasteiger partial charge on any atom is -0.271 e. The molecule has 1 heterocycles. The number of hydrogen-bond acceptors (Lipinski definition) is 3. The molecular formula is C12H23ClN4. The minimum absolute atomic E-state index is 0.0646. The maximum atomic E-state index is 6.20. The molecule has 0 spiro atoms. The average Bonchev–Trinajstić information content (AvgIpc) is 2.62. The van der Waals surface area contributed by atoms with Crippen molar-refractivity contribution in [3.05, 3.63) is 16.9 Å². The average molecular weight is 259 g/mol. The molecule has 4 nitrogen and oxygen atoms in total. The molecule has 17 heavy (non-hydrogen) atoms. The van der Waals surface area contributed by atoms with Gasteiger partial charge in [0.15, 0.2) is 0 Å². The van der Waals surface area contributed by atoms with Crippen LogP contribution in [0.5, 0.6) is 0 Å². The quantitative estimate of drug-likeness (QED) is 0.609. The predicted octanol–water partition coefficient (Wildman–Crippen LogP) is 3.06. The Kier molecular flexibility index (Phi) is 5.43. The lowest BCUT2D eigenvalue weighted by Crippen LogP contribution is -2.30. The smallest absolute Gasteiger partial charge is 0.0834 e. The number of nitrogens with two attached hydrogens (primary N) is 1. The summed E-state index contributed by atoms with van der Waals surface area (Å²) in [4.78, 5) is 0. The second kappa shape index (κ2) is 6.38. The van der Waals surface area contributed by atoms with Gasteiger partial charge in [-0.2, -0.15) is 5.10 Å². The fourth-order valence-corrected chi connectivity index (χ4v) is 2.15. The Labute approximate surface area is 108 Å². The number of halogens is 1. The van der Waals surface area contributed by atoms with E-state index in [1.807, 2.05) is 4.68 Å². The fourth-order valence-electron chi connectivity index (χ4n) is 1.89. The van der Waals surface area contributed by atoms with Crippen molar-refractivity contribution >= 4 is 11.6 Å². The Bertz CT molecular complexity index is 346. The summed E-state index contributed by atoms with van der Waals surface area (Å²) in [5, 5.41) is 4.99. The molecule has 3 N–H and O–H groups in total. The van der Waals surface area contributed by atoms with Gasteiger partial charge in [-0.1, -0.05) is 25.4 Å². The highest BCUT2D eigenvalue weighted by molar-refractivity contribution is 6.31. The summed E-state index contributed by atoms with van der Waals surface area (Å²) in [5.41, 5.74) is 3.84. The Balaban J connectivity index is 2.90. The number of hydrazine groups is 1. The lowest BCUT2D eigenvalue weighted by atomic mass is 10.0. The Morgan fingerprint density at radius 3 is 2.47 bits per heavy atom. The van der Waals surface area contributed by atoms with Crippen molar-refractivity contribution in [1.82, 2.24) is 15.2 Å². The van der Waals surface area contributed by atoms with Gasteiger partial charge in [0.25, 0.3) is 0 Å². The number of rotatable bonds is 6. The molecule has 0 aliphatic heterocycles. The van der Waals surface area contributed by atoms with Gasteiger partial charge in [-0.25, -0.2) is 0 Å². The molecule has 1 atom stereocenters. The first-order chi connectivity index (χ1) is 7.97. The zero-order chi connectivity index (χ0) is 13.0. The Morgan fingerprint density at radius 2 is 2.00 bits per heavy atom.